The number of rotatable bonds is 2. The van der Waals surface area contributed by atoms with Gasteiger partial charge in [-0.2, -0.15) is 0 Å². The van der Waals surface area contributed by atoms with Crippen molar-refractivity contribution in [2.75, 3.05) is 26.3 Å². The number of ether oxygens (including phenoxy) is 2. The fourth-order valence-corrected chi connectivity index (χ4v) is 3.92. The van der Waals surface area contributed by atoms with Gasteiger partial charge in [0, 0.05) is 13.0 Å². The summed E-state index contributed by atoms with van der Waals surface area (Å²) in [7, 11) is 0. The van der Waals surface area contributed by atoms with Gasteiger partial charge in [-0.05, 0) is 48.9 Å². The van der Waals surface area contributed by atoms with Crippen LogP contribution in [0.15, 0.2) is 18.2 Å². The van der Waals surface area contributed by atoms with Gasteiger partial charge in [0.25, 0.3) is 0 Å². The average molecular weight is 273 g/mol. The van der Waals surface area contributed by atoms with Gasteiger partial charge in [0.2, 0.25) is 0 Å². The predicted octanol–water partition coefficient (Wildman–Crippen LogP) is 2.51. The summed E-state index contributed by atoms with van der Waals surface area (Å²) >= 11 is 0. The molecule has 1 spiro atoms. The van der Waals surface area contributed by atoms with Crippen molar-refractivity contribution in [3.05, 3.63) is 34.9 Å². The molecule has 0 amide bonds. The van der Waals surface area contributed by atoms with Crippen molar-refractivity contribution in [2.24, 2.45) is 0 Å². The maximum atomic E-state index is 5.86. The van der Waals surface area contributed by atoms with Crippen LogP contribution < -0.4 is 0 Å². The normalized spacial score (nSPS) is 25.2. The molecule has 1 aromatic rings. The van der Waals surface area contributed by atoms with Gasteiger partial charge in [-0.3, -0.25) is 4.90 Å². The minimum atomic E-state index is -0.297. The van der Waals surface area contributed by atoms with Gasteiger partial charge < -0.3 is 9.47 Å². The molecule has 0 N–H and O–H groups in total. The van der Waals surface area contributed by atoms with Crippen LogP contribution in [0.2, 0.25) is 0 Å². The summed E-state index contributed by atoms with van der Waals surface area (Å²) in [6.07, 6.45) is 6.08. The highest BCUT2D eigenvalue weighted by Crippen LogP contribution is 2.31. The smallest absolute Gasteiger partial charge is 0.181 e. The van der Waals surface area contributed by atoms with E-state index in [4.69, 9.17) is 9.47 Å². The Morgan fingerprint density at radius 2 is 1.90 bits per heavy atom. The van der Waals surface area contributed by atoms with Crippen LogP contribution >= 0.6 is 0 Å². The van der Waals surface area contributed by atoms with Gasteiger partial charge in [0.05, 0.1) is 19.8 Å². The summed E-state index contributed by atoms with van der Waals surface area (Å²) in [5, 5.41) is 0. The standard InChI is InChI=1S/C17H23NO2/c1-3-15-6-5-14(11-16(15)4-1)12-18-8-2-7-17(13-18)19-9-10-20-17/h5-6,11H,1-4,7-10,12-13H2. The maximum Gasteiger partial charge on any atom is 0.181 e. The molecule has 1 aromatic carbocycles. The van der Waals surface area contributed by atoms with Crippen LogP contribution in [0, 0.1) is 0 Å². The molecule has 2 fully saturated rings. The van der Waals surface area contributed by atoms with Crippen molar-refractivity contribution in [1.82, 2.24) is 4.90 Å². The van der Waals surface area contributed by atoms with Gasteiger partial charge in [0.15, 0.2) is 5.79 Å². The number of hydrogen-bond donors (Lipinski definition) is 0. The SMILES string of the molecule is c1cc2c(cc1CN1CCCC3(C1)OCCO3)CCC2. The highest BCUT2D eigenvalue weighted by atomic mass is 16.7. The molecule has 20 heavy (non-hydrogen) atoms. The number of nitrogens with zero attached hydrogens (tertiary/aromatic N) is 1. The zero-order valence-corrected chi connectivity index (χ0v) is 12.1. The molecule has 2 aliphatic heterocycles. The van der Waals surface area contributed by atoms with Crippen molar-refractivity contribution in [3.63, 3.8) is 0 Å². The zero-order valence-electron chi connectivity index (χ0n) is 12.1. The minimum Gasteiger partial charge on any atom is -0.346 e. The molecule has 3 nitrogen and oxygen atoms in total. The molecule has 0 radical (unpaired) electrons. The lowest BCUT2D eigenvalue weighted by Gasteiger charge is -2.38. The van der Waals surface area contributed by atoms with Crippen LogP contribution in [-0.2, 0) is 28.9 Å². The summed E-state index contributed by atoms with van der Waals surface area (Å²) in [4.78, 5) is 2.49. The number of hydrogen-bond acceptors (Lipinski definition) is 3. The first-order valence-corrected chi connectivity index (χ1v) is 7.94. The van der Waals surface area contributed by atoms with Gasteiger partial charge in [-0.25, -0.2) is 0 Å². The molecule has 0 aromatic heterocycles. The average Bonchev–Trinajstić information content (AvgIpc) is 3.08. The maximum absolute atomic E-state index is 5.86. The fraction of sp³-hybridized carbons (Fsp3) is 0.647. The second-order valence-electron chi connectivity index (χ2n) is 6.38. The largest absolute Gasteiger partial charge is 0.346 e. The second-order valence-corrected chi connectivity index (χ2v) is 6.38. The topological polar surface area (TPSA) is 21.7 Å². The Labute approximate surface area is 120 Å². The van der Waals surface area contributed by atoms with Gasteiger partial charge in [-0.15, -0.1) is 0 Å². The molecule has 0 saturated carbocycles. The number of piperidine rings is 1. The van der Waals surface area contributed by atoms with E-state index in [2.05, 4.69) is 23.1 Å². The van der Waals surface area contributed by atoms with E-state index in [0.717, 1.165) is 39.3 Å². The molecule has 2 saturated heterocycles. The van der Waals surface area contributed by atoms with Crippen molar-refractivity contribution in [2.45, 2.75) is 44.4 Å². The van der Waals surface area contributed by atoms with E-state index in [1.165, 1.54) is 31.2 Å². The van der Waals surface area contributed by atoms with Crippen molar-refractivity contribution < 1.29 is 9.47 Å². The van der Waals surface area contributed by atoms with Crippen LogP contribution in [-0.4, -0.2) is 37.0 Å². The Kier molecular flexibility index (Phi) is 3.29. The van der Waals surface area contributed by atoms with E-state index in [1.807, 2.05) is 0 Å². The van der Waals surface area contributed by atoms with Crippen molar-refractivity contribution in [1.29, 1.82) is 0 Å². The van der Waals surface area contributed by atoms with Crippen molar-refractivity contribution >= 4 is 0 Å². The van der Waals surface area contributed by atoms with Crippen LogP contribution in [0.3, 0.4) is 0 Å². The lowest BCUT2D eigenvalue weighted by molar-refractivity contribution is -0.190. The lowest BCUT2D eigenvalue weighted by atomic mass is 10.0. The summed E-state index contributed by atoms with van der Waals surface area (Å²) in [5.74, 6) is -0.297. The summed E-state index contributed by atoms with van der Waals surface area (Å²) in [6.45, 7) is 4.62. The Bertz CT molecular complexity index is 494. The highest BCUT2D eigenvalue weighted by Gasteiger charge is 2.40. The van der Waals surface area contributed by atoms with Crippen molar-refractivity contribution in [3.8, 4) is 0 Å². The summed E-state index contributed by atoms with van der Waals surface area (Å²) in [5.41, 5.74) is 4.58. The summed E-state index contributed by atoms with van der Waals surface area (Å²) < 4.78 is 11.7. The molecule has 0 bridgehead atoms. The Morgan fingerprint density at radius 3 is 2.80 bits per heavy atom. The third-order valence-electron chi connectivity index (χ3n) is 4.88. The van der Waals surface area contributed by atoms with E-state index in [0.29, 0.717) is 0 Å². The molecule has 4 rings (SSSR count). The van der Waals surface area contributed by atoms with E-state index in [1.54, 1.807) is 11.1 Å². The van der Waals surface area contributed by atoms with E-state index >= 15 is 0 Å². The Morgan fingerprint density at radius 1 is 1.05 bits per heavy atom. The third-order valence-corrected chi connectivity index (χ3v) is 4.88. The monoisotopic (exact) mass is 273 g/mol. The quantitative estimate of drug-likeness (QED) is 0.826. The molecular weight excluding hydrogens is 250 g/mol. The first kappa shape index (κ1) is 12.8. The molecule has 3 aliphatic rings. The molecule has 0 unspecified atom stereocenters. The van der Waals surface area contributed by atoms with E-state index in [-0.39, 0.29) is 5.79 Å². The second kappa shape index (κ2) is 5.14. The number of fused-ring (bicyclic) bond motifs is 1. The third kappa shape index (κ3) is 2.39. The molecule has 2 heterocycles. The molecule has 0 atom stereocenters. The van der Waals surface area contributed by atoms with Crippen LogP contribution in [0.1, 0.15) is 36.0 Å². The first-order chi connectivity index (χ1) is 9.83. The van der Waals surface area contributed by atoms with Gasteiger partial charge in [-0.1, -0.05) is 18.2 Å². The van der Waals surface area contributed by atoms with Gasteiger partial charge >= 0.3 is 0 Å². The fourth-order valence-electron chi connectivity index (χ4n) is 3.92. The van der Waals surface area contributed by atoms with E-state index in [9.17, 15) is 0 Å². The molecule has 1 aliphatic carbocycles. The molecule has 3 heteroatoms. The minimum absolute atomic E-state index is 0.297. The Balaban J connectivity index is 1.46. The lowest BCUT2D eigenvalue weighted by Crippen LogP contribution is -2.48. The Hall–Kier alpha value is -0.900. The first-order valence-electron chi connectivity index (χ1n) is 7.94. The predicted molar refractivity (Wildman–Crippen MR) is 77.6 cm³/mol. The molecule has 108 valence electrons. The zero-order chi connectivity index (χ0) is 13.4. The van der Waals surface area contributed by atoms with Crippen LogP contribution in [0.5, 0.6) is 0 Å². The van der Waals surface area contributed by atoms with Gasteiger partial charge in [0.1, 0.15) is 0 Å². The molecular formula is C17H23NO2. The van der Waals surface area contributed by atoms with E-state index < -0.39 is 0 Å². The number of aryl methyl sites for hydroxylation is 2. The number of benzene rings is 1. The van der Waals surface area contributed by atoms with Crippen LogP contribution in [0.25, 0.3) is 0 Å². The highest BCUT2D eigenvalue weighted by molar-refractivity contribution is 5.35. The van der Waals surface area contributed by atoms with Crippen LogP contribution in [0.4, 0.5) is 0 Å². The number of likely N-dealkylation sites (tertiary alicyclic amines) is 1. The summed E-state index contributed by atoms with van der Waals surface area (Å²) in [6, 6.07) is 7.06.